The predicted octanol–water partition coefficient (Wildman–Crippen LogP) is 2.68. The fraction of sp³-hybridized carbons (Fsp3) is 0.538. The molecule has 0 saturated carbocycles. The zero-order chi connectivity index (χ0) is 15.0. The number of nitrogens with one attached hydrogen (secondary N) is 1. The number of hydrogen-bond acceptors (Lipinski definition) is 3. The lowest BCUT2D eigenvalue weighted by molar-refractivity contribution is 0.0635. The molecular weight excluding hydrogens is 333 g/mol. The van der Waals surface area contributed by atoms with Gasteiger partial charge in [-0.1, -0.05) is 23.2 Å². The summed E-state index contributed by atoms with van der Waals surface area (Å²) in [5.74, 6) is -0.104. The minimum Gasteiger partial charge on any atom is -0.337 e. The highest BCUT2D eigenvalue weighted by atomic mass is 35.5. The Bertz CT molecular complexity index is 578. The molecule has 21 heavy (non-hydrogen) atoms. The third-order valence-electron chi connectivity index (χ3n) is 3.90. The quantitative estimate of drug-likeness (QED) is 0.894. The predicted molar refractivity (Wildman–Crippen MR) is 83.4 cm³/mol. The molecule has 114 valence electrons. The normalized spacial score (nSPS) is 22.6. The van der Waals surface area contributed by atoms with Crippen LogP contribution < -0.4 is 5.32 Å². The van der Waals surface area contributed by atoms with E-state index in [0.717, 1.165) is 12.8 Å². The van der Waals surface area contributed by atoms with E-state index in [0.29, 0.717) is 40.4 Å². The van der Waals surface area contributed by atoms with E-state index in [1.165, 1.54) is 11.3 Å². The average molecular weight is 348 g/mol. The largest absolute Gasteiger partial charge is 0.337 e. The molecule has 3 amide bonds. The number of halogens is 2. The van der Waals surface area contributed by atoms with Gasteiger partial charge >= 0.3 is 6.03 Å². The van der Waals surface area contributed by atoms with Gasteiger partial charge in [-0.25, -0.2) is 4.79 Å². The summed E-state index contributed by atoms with van der Waals surface area (Å²) in [6.07, 6.45) is 1.81. The SMILES string of the molecule is O=C(c1cc(Cl)sc1Cl)N1CCC[C@@H](N2CCNC2=O)C1. The van der Waals surface area contributed by atoms with Gasteiger partial charge in [-0.15, -0.1) is 11.3 Å². The molecule has 1 N–H and O–H groups in total. The van der Waals surface area contributed by atoms with E-state index in [-0.39, 0.29) is 18.0 Å². The third kappa shape index (κ3) is 2.98. The summed E-state index contributed by atoms with van der Waals surface area (Å²) in [6, 6.07) is 1.66. The summed E-state index contributed by atoms with van der Waals surface area (Å²) in [4.78, 5) is 27.9. The Morgan fingerprint density at radius 3 is 2.81 bits per heavy atom. The van der Waals surface area contributed by atoms with Gasteiger partial charge in [0.05, 0.1) is 15.9 Å². The van der Waals surface area contributed by atoms with Crippen LogP contribution >= 0.6 is 34.5 Å². The van der Waals surface area contributed by atoms with Crippen molar-refractivity contribution in [2.24, 2.45) is 0 Å². The van der Waals surface area contributed by atoms with Crippen LogP contribution in [-0.4, -0.2) is 54.0 Å². The standard InChI is InChI=1S/C13H15Cl2N3O2S/c14-10-6-9(11(15)21-10)12(19)17-4-1-2-8(7-17)18-5-3-16-13(18)20/h6,8H,1-5,7H2,(H,16,20)/t8-/m1/s1. The Hall–Kier alpha value is -0.980. The van der Waals surface area contributed by atoms with Gasteiger partial charge in [-0.05, 0) is 18.9 Å². The van der Waals surface area contributed by atoms with Crippen molar-refractivity contribution in [2.45, 2.75) is 18.9 Å². The van der Waals surface area contributed by atoms with E-state index in [9.17, 15) is 9.59 Å². The van der Waals surface area contributed by atoms with Crippen molar-refractivity contribution in [2.75, 3.05) is 26.2 Å². The lowest BCUT2D eigenvalue weighted by atomic mass is 10.0. The van der Waals surface area contributed by atoms with Gasteiger partial charge in [0.15, 0.2) is 0 Å². The highest BCUT2D eigenvalue weighted by Crippen LogP contribution is 2.32. The van der Waals surface area contributed by atoms with Gasteiger partial charge in [0.25, 0.3) is 5.91 Å². The van der Waals surface area contributed by atoms with Gasteiger partial charge in [0, 0.05) is 26.2 Å². The molecule has 0 spiro atoms. The number of carbonyl (C=O) groups is 2. The highest BCUT2D eigenvalue weighted by molar-refractivity contribution is 7.20. The van der Waals surface area contributed by atoms with Gasteiger partial charge in [-0.2, -0.15) is 0 Å². The van der Waals surface area contributed by atoms with Crippen LogP contribution in [-0.2, 0) is 0 Å². The first-order chi connectivity index (χ1) is 10.1. The fourth-order valence-corrected chi connectivity index (χ4v) is 4.33. The number of nitrogens with zero attached hydrogens (tertiary/aromatic N) is 2. The Morgan fingerprint density at radius 2 is 2.19 bits per heavy atom. The van der Waals surface area contributed by atoms with E-state index in [1.54, 1.807) is 11.0 Å². The Kier molecular flexibility index (Phi) is 4.28. The van der Waals surface area contributed by atoms with Crippen molar-refractivity contribution >= 4 is 46.5 Å². The maximum absolute atomic E-state index is 12.5. The summed E-state index contributed by atoms with van der Waals surface area (Å²) in [7, 11) is 0. The molecule has 1 aromatic rings. The van der Waals surface area contributed by atoms with Crippen molar-refractivity contribution in [1.29, 1.82) is 0 Å². The van der Waals surface area contributed by atoms with Crippen LogP contribution in [0.25, 0.3) is 0 Å². The topological polar surface area (TPSA) is 52.7 Å². The molecule has 0 unspecified atom stereocenters. The number of hydrogen-bond donors (Lipinski definition) is 1. The van der Waals surface area contributed by atoms with E-state index >= 15 is 0 Å². The molecule has 3 rings (SSSR count). The molecule has 1 atom stereocenters. The van der Waals surface area contributed by atoms with E-state index in [1.807, 2.05) is 4.90 Å². The second kappa shape index (κ2) is 6.02. The first kappa shape index (κ1) is 14.9. The van der Waals surface area contributed by atoms with Gasteiger partial charge < -0.3 is 15.1 Å². The minimum absolute atomic E-state index is 0.0362. The van der Waals surface area contributed by atoms with Crippen LogP contribution in [0.3, 0.4) is 0 Å². The number of piperidine rings is 1. The molecule has 8 heteroatoms. The zero-order valence-corrected chi connectivity index (χ0v) is 13.6. The molecule has 2 saturated heterocycles. The lowest BCUT2D eigenvalue weighted by Gasteiger charge is -2.37. The molecule has 0 radical (unpaired) electrons. The van der Waals surface area contributed by atoms with Crippen molar-refractivity contribution in [3.05, 3.63) is 20.3 Å². The lowest BCUT2D eigenvalue weighted by Crippen LogP contribution is -2.50. The maximum Gasteiger partial charge on any atom is 0.317 e. The monoisotopic (exact) mass is 347 g/mol. The molecule has 2 fully saturated rings. The summed E-state index contributed by atoms with van der Waals surface area (Å²) in [6.45, 7) is 2.62. The average Bonchev–Trinajstić information content (AvgIpc) is 3.03. The third-order valence-corrected chi connectivity index (χ3v) is 5.39. The minimum atomic E-state index is -0.104. The molecule has 1 aromatic heterocycles. The Morgan fingerprint density at radius 1 is 1.38 bits per heavy atom. The second-order valence-electron chi connectivity index (χ2n) is 5.21. The summed E-state index contributed by atoms with van der Waals surface area (Å²) in [5.41, 5.74) is 0.457. The van der Waals surface area contributed by atoms with Crippen LogP contribution in [0.1, 0.15) is 23.2 Å². The zero-order valence-electron chi connectivity index (χ0n) is 11.3. The number of likely N-dealkylation sites (tertiary alicyclic amines) is 1. The molecule has 5 nitrogen and oxygen atoms in total. The van der Waals surface area contributed by atoms with Crippen molar-refractivity contribution in [1.82, 2.24) is 15.1 Å². The molecule has 0 aliphatic carbocycles. The van der Waals surface area contributed by atoms with E-state index < -0.39 is 0 Å². The number of urea groups is 1. The first-order valence-electron chi connectivity index (χ1n) is 6.85. The number of carbonyl (C=O) groups excluding carboxylic acids is 2. The first-order valence-corrected chi connectivity index (χ1v) is 8.42. The molecule has 2 aliphatic heterocycles. The van der Waals surface area contributed by atoms with Gasteiger partial charge in [-0.3, -0.25) is 4.79 Å². The highest BCUT2D eigenvalue weighted by Gasteiger charge is 2.33. The fourth-order valence-electron chi connectivity index (χ4n) is 2.88. The number of rotatable bonds is 2. The van der Waals surface area contributed by atoms with Gasteiger partial charge in [0.2, 0.25) is 0 Å². The van der Waals surface area contributed by atoms with Crippen LogP contribution in [0.5, 0.6) is 0 Å². The summed E-state index contributed by atoms with van der Waals surface area (Å²) in [5, 5.41) is 2.80. The van der Waals surface area contributed by atoms with Gasteiger partial charge in [0.1, 0.15) is 4.34 Å². The van der Waals surface area contributed by atoms with E-state index in [2.05, 4.69) is 5.32 Å². The van der Waals surface area contributed by atoms with Crippen molar-refractivity contribution in [3.8, 4) is 0 Å². The van der Waals surface area contributed by atoms with Crippen LogP contribution in [0, 0.1) is 0 Å². The van der Waals surface area contributed by atoms with Crippen LogP contribution in [0.2, 0.25) is 8.67 Å². The Balaban J connectivity index is 1.72. The number of thiophene rings is 1. The Labute approximate surface area is 136 Å². The maximum atomic E-state index is 12.5. The van der Waals surface area contributed by atoms with Crippen LogP contribution in [0.15, 0.2) is 6.07 Å². The number of amides is 3. The molecule has 0 aromatic carbocycles. The van der Waals surface area contributed by atoms with E-state index in [4.69, 9.17) is 23.2 Å². The van der Waals surface area contributed by atoms with Crippen LogP contribution in [0.4, 0.5) is 4.79 Å². The van der Waals surface area contributed by atoms with Crippen molar-refractivity contribution in [3.63, 3.8) is 0 Å². The summed E-state index contributed by atoms with van der Waals surface area (Å²) < 4.78 is 0.932. The summed E-state index contributed by atoms with van der Waals surface area (Å²) >= 11 is 13.2. The second-order valence-corrected chi connectivity index (χ2v) is 7.50. The molecular formula is C13H15Cl2N3O2S. The molecule has 3 heterocycles. The smallest absolute Gasteiger partial charge is 0.317 e. The van der Waals surface area contributed by atoms with Crippen molar-refractivity contribution < 1.29 is 9.59 Å². The molecule has 0 bridgehead atoms. The molecule has 2 aliphatic rings.